The number of nitrogens with zero attached hydrogens (tertiary/aromatic N) is 1. The predicted octanol–water partition coefficient (Wildman–Crippen LogP) is 4.01. The second-order valence-corrected chi connectivity index (χ2v) is 6.36. The van der Waals surface area contributed by atoms with E-state index in [4.69, 9.17) is 18.6 Å². The number of methoxy groups -OCH3 is 1. The van der Waals surface area contributed by atoms with Gasteiger partial charge in [-0.3, -0.25) is 4.79 Å². The van der Waals surface area contributed by atoms with Gasteiger partial charge in [0.05, 0.1) is 12.6 Å². The molecule has 3 heterocycles. The van der Waals surface area contributed by atoms with Gasteiger partial charge in [0.15, 0.2) is 17.3 Å². The lowest BCUT2D eigenvalue weighted by atomic mass is 10.2. The van der Waals surface area contributed by atoms with Crippen LogP contribution in [-0.2, 0) is 0 Å². The number of furan rings is 1. The zero-order valence-electron chi connectivity index (χ0n) is 15.0. The molecule has 2 aromatic heterocycles. The van der Waals surface area contributed by atoms with Crippen molar-refractivity contribution >= 4 is 33.6 Å². The maximum absolute atomic E-state index is 12.6. The van der Waals surface area contributed by atoms with Gasteiger partial charge in [-0.05, 0) is 42.5 Å². The topological polar surface area (TPSA) is 82.8 Å². The molecule has 0 atom stereocenters. The molecule has 0 saturated carbocycles. The van der Waals surface area contributed by atoms with E-state index in [1.807, 2.05) is 24.3 Å². The third-order valence-electron chi connectivity index (χ3n) is 4.53. The molecule has 7 nitrogen and oxygen atoms in total. The van der Waals surface area contributed by atoms with Crippen LogP contribution >= 0.6 is 0 Å². The molecule has 4 aromatic rings. The zero-order chi connectivity index (χ0) is 19.1. The van der Waals surface area contributed by atoms with Crippen molar-refractivity contribution in [3.63, 3.8) is 0 Å². The quantitative estimate of drug-likeness (QED) is 0.582. The van der Waals surface area contributed by atoms with E-state index in [2.05, 4.69) is 10.3 Å². The molecule has 0 aliphatic carbocycles. The fraction of sp³-hybridized carbons (Fsp3) is 0.143. The zero-order valence-corrected chi connectivity index (χ0v) is 15.0. The number of amides is 1. The molecule has 2 aromatic carbocycles. The largest absolute Gasteiger partial charge is 0.497 e. The minimum atomic E-state index is -0.365. The van der Waals surface area contributed by atoms with Gasteiger partial charge in [-0.2, -0.15) is 0 Å². The van der Waals surface area contributed by atoms with Gasteiger partial charge in [0, 0.05) is 22.5 Å². The molecule has 5 rings (SSSR count). The van der Waals surface area contributed by atoms with Crippen LogP contribution in [-0.4, -0.2) is 31.2 Å². The highest BCUT2D eigenvalue weighted by atomic mass is 16.6. The molecular weight excluding hydrogens is 360 g/mol. The average molecular weight is 376 g/mol. The first kappa shape index (κ1) is 16.4. The molecular formula is C21H16N2O5. The van der Waals surface area contributed by atoms with Crippen LogP contribution in [0, 0.1) is 0 Å². The summed E-state index contributed by atoms with van der Waals surface area (Å²) in [7, 11) is 1.62. The highest BCUT2D eigenvalue weighted by Gasteiger charge is 2.17. The van der Waals surface area contributed by atoms with Crippen molar-refractivity contribution < 1.29 is 23.4 Å². The number of ether oxygens (including phenoxy) is 3. The van der Waals surface area contributed by atoms with Gasteiger partial charge in [0.25, 0.3) is 5.91 Å². The summed E-state index contributed by atoms with van der Waals surface area (Å²) in [5.74, 6) is 1.83. The number of hydrogen-bond donors (Lipinski definition) is 1. The number of carbonyl (C=O) groups is 1. The maximum Gasteiger partial charge on any atom is 0.291 e. The summed E-state index contributed by atoms with van der Waals surface area (Å²) in [5, 5.41) is 4.47. The molecule has 0 radical (unpaired) electrons. The van der Waals surface area contributed by atoms with Crippen molar-refractivity contribution in [3.8, 4) is 17.2 Å². The standard InChI is InChI=1S/C21H16N2O5/c1-25-15-3-4-16-12(9-15)8-13-10-19(28-21(13)23-16)20(24)22-14-2-5-17-18(11-14)27-7-6-26-17/h2-5,8-11H,6-7H2,1H3,(H,22,24). The van der Waals surface area contributed by atoms with Crippen molar-refractivity contribution in [2.45, 2.75) is 0 Å². The van der Waals surface area contributed by atoms with Crippen LogP contribution in [0.15, 0.2) is 52.9 Å². The first-order chi connectivity index (χ1) is 13.7. The molecule has 0 fully saturated rings. The Bertz CT molecular complexity index is 1210. The van der Waals surface area contributed by atoms with Crippen molar-refractivity contribution in [2.75, 3.05) is 25.6 Å². The van der Waals surface area contributed by atoms with E-state index in [-0.39, 0.29) is 11.7 Å². The number of benzene rings is 2. The Balaban J connectivity index is 1.45. The first-order valence-corrected chi connectivity index (χ1v) is 8.79. The van der Waals surface area contributed by atoms with Crippen LogP contribution in [0.5, 0.6) is 17.2 Å². The number of fused-ring (bicyclic) bond motifs is 3. The summed E-state index contributed by atoms with van der Waals surface area (Å²) in [5.41, 5.74) is 1.77. The van der Waals surface area contributed by atoms with E-state index in [1.54, 1.807) is 31.4 Å². The van der Waals surface area contributed by atoms with Crippen LogP contribution in [0.1, 0.15) is 10.6 Å². The Morgan fingerprint density at radius 1 is 1.00 bits per heavy atom. The minimum Gasteiger partial charge on any atom is -0.497 e. The van der Waals surface area contributed by atoms with Crippen LogP contribution in [0.4, 0.5) is 5.69 Å². The summed E-state index contributed by atoms with van der Waals surface area (Å²) in [6, 6.07) is 14.4. The Hall–Kier alpha value is -3.74. The van der Waals surface area contributed by atoms with Crippen molar-refractivity contribution in [1.82, 2.24) is 4.98 Å². The van der Waals surface area contributed by atoms with E-state index in [0.29, 0.717) is 36.1 Å². The van der Waals surface area contributed by atoms with Crippen molar-refractivity contribution in [2.24, 2.45) is 0 Å². The third-order valence-corrected chi connectivity index (χ3v) is 4.53. The fourth-order valence-corrected chi connectivity index (χ4v) is 3.17. The van der Waals surface area contributed by atoms with Gasteiger partial charge < -0.3 is 23.9 Å². The summed E-state index contributed by atoms with van der Waals surface area (Å²) in [4.78, 5) is 17.1. The summed E-state index contributed by atoms with van der Waals surface area (Å²) in [6.45, 7) is 1.00. The van der Waals surface area contributed by atoms with Gasteiger partial charge in [0.1, 0.15) is 19.0 Å². The molecule has 1 amide bonds. The van der Waals surface area contributed by atoms with E-state index >= 15 is 0 Å². The Morgan fingerprint density at radius 2 is 1.86 bits per heavy atom. The number of hydrogen-bond acceptors (Lipinski definition) is 6. The number of rotatable bonds is 3. The van der Waals surface area contributed by atoms with Gasteiger partial charge in [-0.1, -0.05) is 0 Å². The van der Waals surface area contributed by atoms with E-state index < -0.39 is 0 Å². The molecule has 28 heavy (non-hydrogen) atoms. The smallest absolute Gasteiger partial charge is 0.291 e. The molecule has 140 valence electrons. The summed E-state index contributed by atoms with van der Waals surface area (Å²) < 4.78 is 21.9. The molecule has 0 spiro atoms. The number of carbonyl (C=O) groups excluding carboxylic acids is 1. The van der Waals surface area contributed by atoms with Gasteiger partial charge in [-0.25, -0.2) is 4.98 Å². The molecule has 1 N–H and O–H groups in total. The van der Waals surface area contributed by atoms with E-state index in [1.165, 1.54) is 0 Å². The minimum absolute atomic E-state index is 0.180. The fourth-order valence-electron chi connectivity index (χ4n) is 3.17. The Labute approximate surface area is 159 Å². The number of anilines is 1. The third kappa shape index (κ3) is 2.87. The molecule has 1 aliphatic heterocycles. The van der Waals surface area contributed by atoms with Crippen LogP contribution in [0.25, 0.3) is 22.0 Å². The predicted molar refractivity (Wildman–Crippen MR) is 103 cm³/mol. The van der Waals surface area contributed by atoms with Gasteiger partial charge in [0.2, 0.25) is 5.71 Å². The second kappa shape index (κ2) is 6.45. The maximum atomic E-state index is 12.6. The van der Waals surface area contributed by atoms with Crippen molar-refractivity contribution in [3.05, 3.63) is 54.3 Å². The second-order valence-electron chi connectivity index (χ2n) is 6.36. The van der Waals surface area contributed by atoms with Gasteiger partial charge >= 0.3 is 0 Å². The van der Waals surface area contributed by atoms with Crippen LogP contribution in [0.2, 0.25) is 0 Å². The monoisotopic (exact) mass is 376 g/mol. The normalized spacial score (nSPS) is 12.9. The highest BCUT2D eigenvalue weighted by Crippen LogP contribution is 2.33. The lowest BCUT2D eigenvalue weighted by Gasteiger charge is -2.18. The summed E-state index contributed by atoms with van der Waals surface area (Å²) >= 11 is 0. The molecule has 1 aliphatic rings. The Kier molecular flexibility index (Phi) is 3.79. The number of nitrogens with one attached hydrogen (secondary N) is 1. The molecule has 0 bridgehead atoms. The highest BCUT2D eigenvalue weighted by molar-refractivity contribution is 6.05. The molecule has 7 heteroatoms. The van der Waals surface area contributed by atoms with E-state index in [9.17, 15) is 4.79 Å². The molecule has 0 saturated heterocycles. The number of pyridine rings is 1. The lowest BCUT2D eigenvalue weighted by molar-refractivity contribution is 0.0998. The van der Waals surface area contributed by atoms with Crippen LogP contribution < -0.4 is 19.5 Å². The van der Waals surface area contributed by atoms with E-state index in [0.717, 1.165) is 22.0 Å². The van der Waals surface area contributed by atoms with Crippen LogP contribution in [0.3, 0.4) is 0 Å². The molecule has 0 unspecified atom stereocenters. The number of aromatic nitrogens is 1. The summed E-state index contributed by atoms with van der Waals surface area (Å²) in [6.07, 6.45) is 0. The SMILES string of the molecule is COc1ccc2nc3oc(C(=O)Nc4ccc5c(c4)OCCO5)cc3cc2c1. The van der Waals surface area contributed by atoms with Gasteiger partial charge in [-0.15, -0.1) is 0 Å². The lowest BCUT2D eigenvalue weighted by Crippen LogP contribution is -2.16. The average Bonchev–Trinajstić information content (AvgIpc) is 3.14. The van der Waals surface area contributed by atoms with Crippen molar-refractivity contribution in [1.29, 1.82) is 0 Å². The first-order valence-electron chi connectivity index (χ1n) is 8.79. The Morgan fingerprint density at radius 3 is 2.71 bits per heavy atom.